The normalized spacial score (nSPS) is 12.1. The van der Waals surface area contributed by atoms with E-state index in [1.54, 1.807) is 12.4 Å². The van der Waals surface area contributed by atoms with Crippen molar-refractivity contribution in [2.45, 2.75) is 26.3 Å². The van der Waals surface area contributed by atoms with Crippen LogP contribution in [0.15, 0.2) is 18.5 Å². The Morgan fingerprint density at radius 1 is 1.71 bits per heavy atom. The molecule has 1 atom stereocenters. The first kappa shape index (κ1) is 10.5. The Kier molecular flexibility index (Phi) is 3.45. The third-order valence-corrected chi connectivity index (χ3v) is 2.08. The van der Waals surface area contributed by atoms with Crippen molar-refractivity contribution >= 4 is 11.7 Å². The predicted octanol–water partition coefficient (Wildman–Crippen LogP) is 1.67. The molecule has 0 spiro atoms. The van der Waals surface area contributed by atoms with E-state index in [0.29, 0.717) is 6.42 Å². The van der Waals surface area contributed by atoms with Crippen LogP contribution in [0, 0.1) is 6.92 Å². The van der Waals surface area contributed by atoms with Gasteiger partial charge in [-0.25, -0.2) is 4.79 Å². The van der Waals surface area contributed by atoms with Gasteiger partial charge in [-0.05, 0) is 25.0 Å². The molecule has 1 unspecified atom stereocenters. The van der Waals surface area contributed by atoms with Gasteiger partial charge in [0.05, 0.1) is 11.9 Å². The minimum Gasteiger partial charge on any atom is -0.480 e. The maximum atomic E-state index is 10.8. The zero-order valence-corrected chi connectivity index (χ0v) is 8.32. The number of rotatable bonds is 4. The van der Waals surface area contributed by atoms with Crippen molar-refractivity contribution in [3.8, 4) is 0 Å². The van der Waals surface area contributed by atoms with Crippen molar-refractivity contribution in [2.75, 3.05) is 5.32 Å². The molecular formula is C10H14N2O2. The minimum absolute atomic E-state index is 0.544. The lowest BCUT2D eigenvalue weighted by Crippen LogP contribution is -2.28. The van der Waals surface area contributed by atoms with Gasteiger partial charge in [-0.1, -0.05) is 6.92 Å². The van der Waals surface area contributed by atoms with Crippen LogP contribution in [0.4, 0.5) is 5.69 Å². The zero-order valence-electron chi connectivity index (χ0n) is 8.32. The molecule has 14 heavy (non-hydrogen) atoms. The molecule has 76 valence electrons. The minimum atomic E-state index is -0.837. The summed E-state index contributed by atoms with van der Waals surface area (Å²) in [5.74, 6) is -0.837. The van der Waals surface area contributed by atoms with Crippen LogP contribution in [0.2, 0.25) is 0 Å². The first-order chi connectivity index (χ1) is 6.65. The largest absolute Gasteiger partial charge is 0.480 e. The molecule has 4 nitrogen and oxygen atoms in total. The number of hydrogen-bond acceptors (Lipinski definition) is 3. The summed E-state index contributed by atoms with van der Waals surface area (Å²) in [7, 11) is 0. The van der Waals surface area contributed by atoms with Gasteiger partial charge in [0, 0.05) is 6.20 Å². The fraction of sp³-hybridized carbons (Fsp3) is 0.400. The summed E-state index contributed by atoms with van der Waals surface area (Å²) < 4.78 is 0. The number of hydrogen-bond donors (Lipinski definition) is 2. The van der Waals surface area contributed by atoms with Gasteiger partial charge in [0.25, 0.3) is 0 Å². The van der Waals surface area contributed by atoms with Crippen LogP contribution in [0.5, 0.6) is 0 Å². The van der Waals surface area contributed by atoms with Crippen LogP contribution < -0.4 is 5.32 Å². The lowest BCUT2D eigenvalue weighted by Gasteiger charge is -2.14. The third kappa shape index (κ3) is 2.45. The second kappa shape index (κ2) is 4.60. The van der Waals surface area contributed by atoms with Crippen LogP contribution in [-0.2, 0) is 4.79 Å². The van der Waals surface area contributed by atoms with Crippen molar-refractivity contribution < 1.29 is 9.90 Å². The van der Waals surface area contributed by atoms with E-state index >= 15 is 0 Å². The topological polar surface area (TPSA) is 62.2 Å². The number of carboxylic acids is 1. The molecule has 1 aromatic rings. The highest BCUT2D eigenvalue weighted by Gasteiger charge is 2.14. The van der Waals surface area contributed by atoms with Gasteiger partial charge in [-0.2, -0.15) is 0 Å². The Hall–Kier alpha value is -1.58. The molecule has 4 heteroatoms. The van der Waals surface area contributed by atoms with Gasteiger partial charge in [0.2, 0.25) is 0 Å². The molecule has 1 aromatic heterocycles. The van der Waals surface area contributed by atoms with Gasteiger partial charge < -0.3 is 10.4 Å². The highest BCUT2D eigenvalue weighted by Crippen LogP contribution is 2.13. The molecule has 1 rings (SSSR count). The van der Waals surface area contributed by atoms with Gasteiger partial charge in [0.15, 0.2) is 0 Å². The molecule has 1 heterocycles. The van der Waals surface area contributed by atoms with E-state index in [4.69, 9.17) is 5.11 Å². The average Bonchev–Trinajstić information content (AvgIpc) is 2.16. The standard InChI is InChI=1S/C10H14N2O2/c1-3-8(10(13)14)12-9-6-11-5-4-7(9)2/h4-6,8,12H,3H2,1-2H3,(H,13,14). The first-order valence-corrected chi connectivity index (χ1v) is 4.55. The summed E-state index contributed by atoms with van der Waals surface area (Å²) in [6.07, 6.45) is 3.87. The van der Waals surface area contributed by atoms with Crippen molar-refractivity contribution in [3.63, 3.8) is 0 Å². The van der Waals surface area contributed by atoms with Crippen molar-refractivity contribution in [1.82, 2.24) is 4.98 Å². The highest BCUT2D eigenvalue weighted by molar-refractivity contribution is 5.77. The maximum absolute atomic E-state index is 10.8. The van der Waals surface area contributed by atoms with Crippen LogP contribution >= 0.6 is 0 Å². The maximum Gasteiger partial charge on any atom is 0.326 e. The molecule has 2 N–H and O–H groups in total. The summed E-state index contributed by atoms with van der Waals surface area (Å²) in [5, 5.41) is 11.8. The predicted molar refractivity (Wildman–Crippen MR) is 54.3 cm³/mol. The number of aromatic nitrogens is 1. The summed E-state index contributed by atoms with van der Waals surface area (Å²) in [6.45, 7) is 3.75. The van der Waals surface area contributed by atoms with E-state index in [9.17, 15) is 4.79 Å². The second-order valence-corrected chi connectivity index (χ2v) is 3.13. The molecule has 0 radical (unpaired) electrons. The van der Waals surface area contributed by atoms with Gasteiger partial charge >= 0.3 is 5.97 Å². The molecule has 0 aliphatic rings. The molecular weight excluding hydrogens is 180 g/mol. The van der Waals surface area contributed by atoms with E-state index in [-0.39, 0.29) is 0 Å². The summed E-state index contributed by atoms with van der Waals surface area (Å²) in [5.41, 5.74) is 1.78. The van der Waals surface area contributed by atoms with E-state index in [0.717, 1.165) is 11.3 Å². The second-order valence-electron chi connectivity index (χ2n) is 3.13. The van der Waals surface area contributed by atoms with Crippen molar-refractivity contribution in [1.29, 1.82) is 0 Å². The number of pyridine rings is 1. The number of carboxylic acid groups (broad SMARTS) is 1. The Labute approximate surface area is 83.0 Å². The van der Waals surface area contributed by atoms with Crippen LogP contribution in [0.1, 0.15) is 18.9 Å². The monoisotopic (exact) mass is 194 g/mol. The lowest BCUT2D eigenvalue weighted by atomic mass is 10.2. The van der Waals surface area contributed by atoms with E-state index in [1.165, 1.54) is 0 Å². The summed E-state index contributed by atoms with van der Waals surface area (Å²) in [6, 6.07) is 1.30. The van der Waals surface area contributed by atoms with Crippen molar-refractivity contribution in [3.05, 3.63) is 24.0 Å². The van der Waals surface area contributed by atoms with Crippen LogP contribution in [-0.4, -0.2) is 22.1 Å². The molecule has 0 fully saturated rings. The van der Waals surface area contributed by atoms with Gasteiger partial charge in [-0.15, -0.1) is 0 Å². The number of carbonyl (C=O) groups is 1. The zero-order chi connectivity index (χ0) is 10.6. The fourth-order valence-corrected chi connectivity index (χ4v) is 1.14. The molecule has 0 aliphatic carbocycles. The van der Waals surface area contributed by atoms with Gasteiger partial charge in [-0.3, -0.25) is 4.98 Å². The average molecular weight is 194 g/mol. The Morgan fingerprint density at radius 3 is 2.93 bits per heavy atom. The van der Waals surface area contributed by atoms with Crippen LogP contribution in [0.25, 0.3) is 0 Å². The quantitative estimate of drug-likeness (QED) is 0.765. The molecule has 0 bridgehead atoms. The number of nitrogens with one attached hydrogen (secondary N) is 1. The lowest BCUT2D eigenvalue weighted by molar-refractivity contribution is -0.137. The molecule has 0 aromatic carbocycles. The molecule has 0 saturated heterocycles. The molecule has 0 amide bonds. The fourth-order valence-electron chi connectivity index (χ4n) is 1.14. The first-order valence-electron chi connectivity index (χ1n) is 4.55. The SMILES string of the molecule is CCC(Nc1cnccc1C)C(=O)O. The third-order valence-electron chi connectivity index (χ3n) is 2.08. The Bertz CT molecular complexity index is 326. The smallest absolute Gasteiger partial charge is 0.326 e. The summed E-state index contributed by atoms with van der Waals surface area (Å²) in [4.78, 5) is 14.7. The number of nitrogens with zero attached hydrogens (tertiary/aromatic N) is 1. The van der Waals surface area contributed by atoms with Crippen LogP contribution in [0.3, 0.4) is 0 Å². The van der Waals surface area contributed by atoms with E-state index < -0.39 is 12.0 Å². The molecule has 0 aliphatic heterocycles. The number of anilines is 1. The van der Waals surface area contributed by atoms with Crippen molar-refractivity contribution in [2.24, 2.45) is 0 Å². The number of aliphatic carboxylic acids is 1. The highest BCUT2D eigenvalue weighted by atomic mass is 16.4. The Morgan fingerprint density at radius 2 is 2.43 bits per heavy atom. The molecule has 0 saturated carbocycles. The van der Waals surface area contributed by atoms with Gasteiger partial charge in [0.1, 0.15) is 6.04 Å². The number of aryl methyl sites for hydroxylation is 1. The summed E-state index contributed by atoms with van der Waals surface area (Å²) >= 11 is 0. The van der Waals surface area contributed by atoms with E-state index in [2.05, 4.69) is 10.3 Å². The van der Waals surface area contributed by atoms with E-state index in [1.807, 2.05) is 19.9 Å². The Balaban J connectivity index is 2.77.